The SMILES string of the molecule is NCc1nc(C(=O)N2CCN(S(N)(=O)=O)CC2)cs1. The quantitative estimate of drug-likeness (QED) is 0.708. The Morgan fingerprint density at radius 1 is 1.37 bits per heavy atom. The molecule has 0 atom stereocenters. The second-order valence-corrected chi connectivity index (χ2v) is 6.56. The largest absolute Gasteiger partial charge is 0.335 e. The molecule has 1 fully saturated rings. The van der Waals surface area contributed by atoms with Gasteiger partial charge in [-0.25, -0.2) is 10.1 Å². The van der Waals surface area contributed by atoms with Crippen LogP contribution in [-0.2, 0) is 16.8 Å². The van der Waals surface area contributed by atoms with Crippen LogP contribution in [0.5, 0.6) is 0 Å². The number of piperazine rings is 1. The van der Waals surface area contributed by atoms with E-state index in [4.69, 9.17) is 10.9 Å². The third kappa shape index (κ3) is 3.28. The predicted molar refractivity (Wildman–Crippen MR) is 70.6 cm³/mol. The highest BCUT2D eigenvalue weighted by Crippen LogP contribution is 2.13. The molecule has 0 bridgehead atoms. The summed E-state index contributed by atoms with van der Waals surface area (Å²) in [7, 11) is -3.67. The van der Waals surface area contributed by atoms with E-state index in [1.807, 2.05) is 0 Å². The molecule has 1 aliphatic heterocycles. The number of nitrogens with zero attached hydrogens (tertiary/aromatic N) is 3. The Labute approximate surface area is 115 Å². The molecule has 19 heavy (non-hydrogen) atoms. The van der Waals surface area contributed by atoms with E-state index in [2.05, 4.69) is 4.98 Å². The zero-order chi connectivity index (χ0) is 14.0. The summed E-state index contributed by atoms with van der Waals surface area (Å²) in [5, 5.41) is 7.40. The van der Waals surface area contributed by atoms with Gasteiger partial charge in [-0.15, -0.1) is 11.3 Å². The first-order chi connectivity index (χ1) is 8.91. The third-order valence-electron chi connectivity index (χ3n) is 2.83. The molecule has 106 valence electrons. The molecule has 2 heterocycles. The topological polar surface area (TPSA) is 123 Å². The minimum absolute atomic E-state index is 0.204. The Kier molecular flexibility index (Phi) is 4.16. The molecular formula is C9H15N5O3S2. The molecule has 2 rings (SSSR count). The van der Waals surface area contributed by atoms with Crippen LogP contribution in [0.2, 0.25) is 0 Å². The minimum atomic E-state index is -3.67. The van der Waals surface area contributed by atoms with Crippen LogP contribution >= 0.6 is 11.3 Å². The van der Waals surface area contributed by atoms with Crippen molar-refractivity contribution in [2.24, 2.45) is 10.9 Å². The molecule has 1 aromatic rings. The van der Waals surface area contributed by atoms with Gasteiger partial charge in [-0.3, -0.25) is 4.79 Å². The smallest absolute Gasteiger partial charge is 0.277 e. The Morgan fingerprint density at radius 2 is 2.00 bits per heavy atom. The van der Waals surface area contributed by atoms with E-state index >= 15 is 0 Å². The summed E-state index contributed by atoms with van der Waals surface area (Å²) in [6.45, 7) is 1.34. The molecule has 1 amide bonds. The van der Waals surface area contributed by atoms with Crippen LogP contribution in [0.1, 0.15) is 15.5 Å². The number of rotatable bonds is 3. The molecule has 1 aliphatic rings. The number of amides is 1. The van der Waals surface area contributed by atoms with E-state index in [-0.39, 0.29) is 19.0 Å². The van der Waals surface area contributed by atoms with Crippen molar-refractivity contribution < 1.29 is 13.2 Å². The fourth-order valence-electron chi connectivity index (χ4n) is 1.81. The van der Waals surface area contributed by atoms with Crippen LogP contribution in [0.3, 0.4) is 0 Å². The molecule has 0 saturated carbocycles. The van der Waals surface area contributed by atoms with Crippen molar-refractivity contribution in [1.29, 1.82) is 0 Å². The number of aromatic nitrogens is 1. The maximum Gasteiger partial charge on any atom is 0.277 e. The fourth-order valence-corrected chi connectivity index (χ4v) is 3.13. The van der Waals surface area contributed by atoms with Crippen molar-refractivity contribution in [3.05, 3.63) is 16.1 Å². The third-order valence-corrected chi connectivity index (χ3v) is 4.79. The van der Waals surface area contributed by atoms with E-state index in [0.717, 1.165) is 4.31 Å². The summed E-state index contributed by atoms with van der Waals surface area (Å²) in [5.41, 5.74) is 5.80. The van der Waals surface area contributed by atoms with Crippen LogP contribution in [0.15, 0.2) is 5.38 Å². The van der Waals surface area contributed by atoms with Crippen molar-refractivity contribution >= 4 is 27.5 Å². The lowest BCUT2D eigenvalue weighted by molar-refractivity contribution is 0.0692. The van der Waals surface area contributed by atoms with Gasteiger partial charge in [0.25, 0.3) is 16.1 Å². The van der Waals surface area contributed by atoms with E-state index in [1.165, 1.54) is 11.3 Å². The van der Waals surface area contributed by atoms with Crippen molar-refractivity contribution in [3.8, 4) is 0 Å². The van der Waals surface area contributed by atoms with Crippen LogP contribution < -0.4 is 10.9 Å². The number of thiazole rings is 1. The van der Waals surface area contributed by atoms with E-state index in [1.54, 1.807) is 10.3 Å². The first kappa shape index (κ1) is 14.3. The van der Waals surface area contributed by atoms with E-state index < -0.39 is 10.2 Å². The molecule has 0 aromatic carbocycles. The number of carbonyl (C=O) groups excluding carboxylic acids is 1. The maximum absolute atomic E-state index is 12.1. The summed E-state index contributed by atoms with van der Waals surface area (Å²) in [6, 6.07) is 0. The molecule has 1 aromatic heterocycles. The lowest BCUT2D eigenvalue weighted by Crippen LogP contribution is -2.52. The molecule has 0 unspecified atom stereocenters. The van der Waals surface area contributed by atoms with Crippen LogP contribution in [0, 0.1) is 0 Å². The summed E-state index contributed by atoms with van der Waals surface area (Å²) in [6.07, 6.45) is 0. The van der Waals surface area contributed by atoms with Crippen molar-refractivity contribution in [3.63, 3.8) is 0 Å². The highest BCUT2D eigenvalue weighted by molar-refractivity contribution is 7.86. The number of nitrogens with two attached hydrogens (primary N) is 2. The van der Waals surface area contributed by atoms with Crippen LogP contribution in [0.4, 0.5) is 0 Å². The minimum Gasteiger partial charge on any atom is -0.335 e. The standard InChI is InChI=1S/C9H15N5O3S2/c10-5-8-12-7(6-18-8)9(15)13-1-3-14(4-2-13)19(11,16)17/h6H,1-5,10H2,(H2,11,16,17). The van der Waals surface area contributed by atoms with Gasteiger partial charge in [0.15, 0.2) is 0 Å². The predicted octanol–water partition coefficient (Wildman–Crippen LogP) is -1.44. The van der Waals surface area contributed by atoms with Gasteiger partial charge in [0, 0.05) is 38.1 Å². The van der Waals surface area contributed by atoms with Gasteiger partial charge in [-0.05, 0) is 0 Å². The molecule has 4 N–H and O–H groups in total. The summed E-state index contributed by atoms with van der Waals surface area (Å²) in [4.78, 5) is 17.8. The molecule has 10 heteroatoms. The molecular weight excluding hydrogens is 290 g/mol. The Hall–Kier alpha value is -1.07. The highest BCUT2D eigenvalue weighted by atomic mass is 32.2. The molecule has 0 aliphatic carbocycles. The Bertz CT molecular complexity index is 562. The summed E-state index contributed by atoms with van der Waals surface area (Å²) >= 11 is 1.34. The monoisotopic (exact) mass is 305 g/mol. The normalized spacial score (nSPS) is 17.7. The van der Waals surface area contributed by atoms with Crippen LogP contribution in [-0.4, -0.2) is 54.7 Å². The average Bonchev–Trinajstić information content (AvgIpc) is 2.86. The lowest BCUT2D eigenvalue weighted by Gasteiger charge is -2.32. The zero-order valence-corrected chi connectivity index (χ0v) is 11.8. The summed E-state index contributed by atoms with van der Waals surface area (Å²) < 4.78 is 23.5. The Balaban J connectivity index is 1.99. The fraction of sp³-hybridized carbons (Fsp3) is 0.556. The lowest BCUT2D eigenvalue weighted by atomic mass is 10.3. The first-order valence-electron chi connectivity index (χ1n) is 5.63. The molecule has 1 saturated heterocycles. The summed E-state index contributed by atoms with van der Waals surface area (Å²) in [5.74, 6) is -0.204. The number of carbonyl (C=O) groups is 1. The highest BCUT2D eigenvalue weighted by Gasteiger charge is 2.27. The van der Waals surface area contributed by atoms with Gasteiger partial charge in [0.1, 0.15) is 10.7 Å². The average molecular weight is 305 g/mol. The van der Waals surface area contributed by atoms with Gasteiger partial charge in [-0.1, -0.05) is 0 Å². The van der Waals surface area contributed by atoms with Crippen LogP contribution in [0.25, 0.3) is 0 Å². The molecule has 8 nitrogen and oxygen atoms in total. The molecule has 0 spiro atoms. The first-order valence-corrected chi connectivity index (χ1v) is 8.01. The van der Waals surface area contributed by atoms with E-state index in [9.17, 15) is 13.2 Å². The second kappa shape index (κ2) is 5.51. The van der Waals surface area contributed by atoms with Gasteiger partial charge in [0.2, 0.25) is 0 Å². The number of hydrogen-bond donors (Lipinski definition) is 2. The zero-order valence-electron chi connectivity index (χ0n) is 10.2. The van der Waals surface area contributed by atoms with Crippen molar-refractivity contribution in [1.82, 2.24) is 14.2 Å². The van der Waals surface area contributed by atoms with Crippen molar-refractivity contribution in [2.75, 3.05) is 26.2 Å². The molecule has 0 radical (unpaired) electrons. The van der Waals surface area contributed by atoms with E-state index in [0.29, 0.717) is 30.3 Å². The Morgan fingerprint density at radius 3 is 2.47 bits per heavy atom. The van der Waals surface area contributed by atoms with Gasteiger partial charge in [0.05, 0.1) is 0 Å². The second-order valence-electron chi connectivity index (χ2n) is 4.07. The maximum atomic E-state index is 12.1. The van der Waals surface area contributed by atoms with Crippen molar-refractivity contribution in [2.45, 2.75) is 6.54 Å². The van der Waals surface area contributed by atoms with Gasteiger partial charge >= 0.3 is 0 Å². The number of hydrogen-bond acceptors (Lipinski definition) is 6. The van der Waals surface area contributed by atoms with Gasteiger partial charge in [-0.2, -0.15) is 12.7 Å². The van der Waals surface area contributed by atoms with Gasteiger partial charge < -0.3 is 10.6 Å².